The Morgan fingerprint density at radius 2 is 1.62 bits per heavy atom. The summed E-state index contributed by atoms with van der Waals surface area (Å²) < 4.78 is 6.86. The molecule has 0 aliphatic heterocycles. The highest BCUT2D eigenvalue weighted by Gasteiger charge is 2.16. The van der Waals surface area contributed by atoms with Crippen LogP contribution in [0.3, 0.4) is 0 Å². The number of amides is 2. The summed E-state index contributed by atoms with van der Waals surface area (Å²) in [5, 5.41) is 10.3. The summed E-state index contributed by atoms with van der Waals surface area (Å²) in [6.07, 6.45) is 1.44. The van der Waals surface area contributed by atoms with E-state index in [4.69, 9.17) is 4.42 Å². The zero-order chi connectivity index (χ0) is 22.8. The number of nitrogens with one attached hydrogen (secondary N) is 2. The van der Waals surface area contributed by atoms with Gasteiger partial charge in [-0.05, 0) is 80.8 Å². The van der Waals surface area contributed by atoms with E-state index in [0.29, 0.717) is 17.1 Å². The topological polar surface area (TPSA) is 89.2 Å². The van der Waals surface area contributed by atoms with Crippen LogP contribution in [0.2, 0.25) is 0 Å². The Morgan fingerprint density at radius 1 is 0.875 bits per heavy atom. The number of carbonyl (C=O) groups is 2. The van der Waals surface area contributed by atoms with Crippen LogP contribution in [0.4, 0.5) is 11.5 Å². The van der Waals surface area contributed by atoms with E-state index in [1.807, 2.05) is 45.9 Å². The average Bonchev–Trinajstić information content (AvgIpc) is 3.39. The van der Waals surface area contributed by atoms with Crippen LogP contribution < -0.4 is 10.6 Å². The maximum atomic E-state index is 13.0. The fourth-order valence-corrected chi connectivity index (χ4v) is 3.54. The Bertz CT molecular complexity index is 1280. The lowest BCUT2D eigenvalue weighted by Crippen LogP contribution is -2.17. The van der Waals surface area contributed by atoms with Crippen molar-refractivity contribution in [1.29, 1.82) is 0 Å². The minimum atomic E-state index is -0.376. The van der Waals surface area contributed by atoms with Gasteiger partial charge >= 0.3 is 0 Å². The number of hydrogen-bond acceptors (Lipinski definition) is 4. The standard InChI is InChI=1S/C25H24N4O3/c1-15-10-16(2)12-20(11-15)29-23(13-18(4)28-29)27-24(30)19-8-7-17(3)21(14-19)26-25(31)22-6-5-9-32-22/h5-14H,1-4H3,(H,26,31)(H,27,30). The Labute approximate surface area is 186 Å². The first-order valence-electron chi connectivity index (χ1n) is 10.2. The number of nitrogens with zero attached hydrogens (tertiary/aromatic N) is 2. The van der Waals surface area contributed by atoms with Gasteiger partial charge < -0.3 is 15.1 Å². The monoisotopic (exact) mass is 428 g/mol. The van der Waals surface area contributed by atoms with Crippen molar-refractivity contribution in [3.05, 3.63) is 94.6 Å². The SMILES string of the molecule is Cc1cc(C)cc(-n2nc(C)cc2NC(=O)c2ccc(C)c(NC(=O)c3ccco3)c2)c1. The molecule has 0 radical (unpaired) electrons. The predicted octanol–water partition coefficient (Wildman–Crippen LogP) is 5.20. The lowest BCUT2D eigenvalue weighted by molar-refractivity contribution is 0.0993. The van der Waals surface area contributed by atoms with Crippen LogP contribution in [0, 0.1) is 27.7 Å². The second kappa shape index (κ2) is 8.55. The molecule has 0 saturated carbocycles. The van der Waals surface area contributed by atoms with E-state index in [9.17, 15) is 9.59 Å². The highest BCUT2D eigenvalue weighted by molar-refractivity contribution is 6.06. The number of aromatic nitrogens is 2. The van der Waals surface area contributed by atoms with E-state index in [0.717, 1.165) is 28.1 Å². The Morgan fingerprint density at radius 3 is 2.31 bits per heavy atom. The molecule has 0 spiro atoms. The number of aryl methyl sites for hydroxylation is 4. The largest absolute Gasteiger partial charge is 0.459 e. The summed E-state index contributed by atoms with van der Waals surface area (Å²) >= 11 is 0. The molecule has 4 aromatic rings. The third-order valence-corrected chi connectivity index (χ3v) is 5.02. The van der Waals surface area contributed by atoms with Crippen LogP contribution in [0.15, 0.2) is 65.3 Å². The van der Waals surface area contributed by atoms with Crippen molar-refractivity contribution in [2.24, 2.45) is 0 Å². The Balaban J connectivity index is 1.59. The molecule has 2 N–H and O–H groups in total. The molecule has 0 unspecified atom stereocenters. The first kappa shape index (κ1) is 21.1. The fraction of sp³-hybridized carbons (Fsp3) is 0.160. The first-order valence-corrected chi connectivity index (χ1v) is 10.2. The van der Waals surface area contributed by atoms with Gasteiger partial charge in [0.1, 0.15) is 5.82 Å². The molecule has 2 amide bonds. The van der Waals surface area contributed by atoms with Crippen molar-refractivity contribution in [1.82, 2.24) is 9.78 Å². The summed E-state index contributed by atoms with van der Waals surface area (Å²) in [5.74, 6) is 0.0922. The van der Waals surface area contributed by atoms with Gasteiger partial charge in [0.2, 0.25) is 0 Å². The number of hydrogen-bond donors (Lipinski definition) is 2. The van der Waals surface area contributed by atoms with Gasteiger partial charge in [-0.25, -0.2) is 4.68 Å². The summed E-state index contributed by atoms with van der Waals surface area (Å²) in [5.41, 5.74) is 5.67. The molecule has 2 aromatic carbocycles. The Kier molecular flexibility index (Phi) is 5.64. The molecule has 0 bridgehead atoms. The van der Waals surface area contributed by atoms with E-state index in [-0.39, 0.29) is 17.6 Å². The molecule has 2 aromatic heterocycles. The summed E-state index contributed by atoms with van der Waals surface area (Å²) in [6, 6.07) is 16.3. The predicted molar refractivity (Wildman–Crippen MR) is 124 cm³/mol. The number of furan rings is 1. The van der Waals surface area contributed by atoms with Gasteiger partial charge in [0.25, 0.3) is 11.8 Å². The van der Waals surface area contributed by atoms with Gasteiger partial charge in [-0.15, -0.1) is 0 Å². The third kappa shape index (κ3) is 4.46. The highest BCUT2D eigenvalue weighted by Crippen LogP contribution is 2.22. The minimum Gasteiger partial charge on any atom is -0.459 e. The maximum Gasteiger partial charge on any atom is 0.291 e. The second-order valence-corrected chi connectivity index (χ2v) is 7.84. The normalized spacial score (nSPS) is 10.8. The molecule has 162 valence electrons. The van der Waals surface area contributed by atoms with Crippen molar-refractivity contribution in [2.45, 2.75) is 27.7 Å². The van der Waals surface area contributed by atoms with E-state index >= 15 is 0 Å². The molecule has 2 heterocycles. The van der Waals surface area contributed by atoms with Crippen molar-refractivity contribution in [2.75, 3.05) is 10.6 Å². The van der Waals surface area contributed by atoms with Gasteiger partial charge in [-0.3, -0.25) is 9.59 Å². The summed E-state index contributed by atoms with van der Waals surface area (Å²) in [6.45, 7) is 7.78. The highest BCUT2D eigenvalue weighted by atomic mass is 16.3. The molecule has 32 heavy (non-hydrogen) atoms. The Hall–Kier alpha value is -4.13. The zero-order valence-electron chi connectivity index (χ0n) is 18.4. The second-order valence-electron chi connectivity index (χ2n) is 7.84. The van der Waals surface area contributed by atoms with Gasteiger partial charge in [-0.2, -0.15) is 5.10 Å². The van der Waals surface area contributed by atoms with Crippen LogP contribution in [0.25, 0.3) is 5.69 Å². The van der Waals surface area contributed by atoms with E-state index in [2.05, 4.69) is 21.8 Å². The van der Waals surface area contributed by atoms with Crippen LogP contribution in [0.1, 0.15) is 43.3 Å². The lowest BCUT2D eigenvalue weighted by atomic mass is 10.1. The van der Waals surface area contributed by atoms with Crippen LogP contribution in [0.5, 0.6) is 0 Å². The van der Waals surface area contributed by atoms with Crippen molar-refractivity contribution < 1.29 is 14.0 Å². The zero-order valence-corrected chi connectivity index (χ0v) is 18.4. The van der Waals surface area contributed by atoms with Gasteiger partial charge in [0.05, 0.1) is 17.6 Å². The molecule has 0 aliphatic carbocycles. The number of carbonyl (C=O) groups excluding carboxylic acids is 2. The molecule has 7 nitrogen and oxygen atoms in total. The molecular formula is C25H24N4O3. The van der Waals surface area contributed by atoms with Crippen molar-refractivity contribution in [3.8, 4) is 5.69 Å². The molecular weight excluding hydrogens is 404 g/mol. The molecule has 0 saturated heterocycles. The first-order chi connectivity index (χ1) is 15.3. The van der Waals surface area contributed by atoms with E-state index in [1.165, 1.54) is 6.26 Å². The number of rotatable bonds is 5. The molecule has 0 aliphatic rings. The summed E-state index contributed by atoms with van der Waals surface area (Å²) in [4.78, 5) is 25.4. The smallest absolute Gasteiger partial charge is 0.291 e. The average molecular weight is 428 g/mol. The minimum absolute atomic E-state index is 0.201. The van der Waals surface area contributed by atoms with E-state index in [1.54, 1.807) is 35.0 Å². The van der Waals surface area contributed by atoms with Gasteiger partial charge in [-0.1, -0.05) is 12.1 Å². The van der Waals surface area contributed by atoms with Crippen LogP contribution in [-0.2, 0) is 0 Å². The molecule has 7 heteroatoms. The lowest BCUT2D eigenvalue weighted by Gasteiger charge is -2.12. The van der Waals surface area contributed by atoms with E-state index < -0.39 is 0 Å². The van der Waals surface area contributed by atoms with Gasteiger partial charge in [0.15, 0.2) is 5.76 Å². The molecule has 0 fully saturated rings. The van der Waals surface area contributed by atoms with Crippen LogP contribution >= 0.6 is 0 Å². The number of anilines is 2. The van der Waals surface area contributed by atoms with Crippen LogP contribution in [-0.4, -0.2) is 21.6 Å². The van der Waals surface area contributed by atoms with Crippen molar-refractivity contribution >= 4 is 23.3 Å². The fourth-order valence-electron chi connectivity index (χ4n) is 3.54. The van der Waals surface area contributed by atoms with Gasteiger partial charge in [0, 0.05) is 17.3 Å². The quantitative estimate of drug-likeness (QED) is 0.457. The molecule has 0 atom stereocenters. The number of benzene rings is 2. The third-order valence-electron chi connectivity index (χ3n) is 5.02. The summed E-state index contributed by atoms with van der Waals surface area (Å²) in [7, 11) is 0. The van der Waals surface area contributed by atoms with Crippen molar-refractivity contribution in [3.63, 3.8) is 0 Å². The molecule has 4 rings (SSSR count). The maximum absolute atomic E-state index is 13.0.